The summed E-state index contributed by atoms with van der Waals surface area (Å²) in [5.74, 6) is -0.756. The lowest BCUT2D eigenvalue weighted by Gasteiger charge is -2.39. The average molecular weight is 489 g/mol. The Balaban J connectivity index is 1.51. The van der Waals surface area contributed by atoms with Crippen LogP contribution in [0.2, 0.25) is 0 Å². The van der Waals surface area contributed by atoms with Gasteiger partial charge in [-0.15, -0.1) is 0 Å². The zero-order valence-corrected chi connectivity index (χ0v) is 21.8. The molecule has 5 atom stereocenters. The number of carbonyl (C=O) groups excluding carboxylic acids is 4. The van der Waals surface area contributed by atoms with Crippen molar-refractivity contribution in [1.29, 1.82) is 0 Å². The van der Waals surface area contributed by atoms with Crippen molar-refractivity contribution < 1.29 is 19.2 Å². The molecule has 4 aliphatic rings. The summed E-state index contributed by atoms with van der Waals surface area (Å²) in [6.45, 7) is 8.60. The van der Waals surface area contributed by atoms with Crippen LogP contribution >= 0.6 is 0 Å². The maximum absolute atomic E-state index is 14.0. The topological polar surface area (TPSA) is 98.8 Å². The monoisotopic (exact) mass is 488 g/mol. The number of fused-ring (bicyclic) bond motifs is 1. The van der Waals surface area contributed by atoms with Crippen molar-refractivity contribution in [2.24, 2.45) is 17.8 Å². The molecule has 8 heteroatoms. The van der Waals surface area contributed by atoms with Crippen LogP contribution in [-0.2, 0) is 19.2 Å². The van der Waals surface area contributed by atoms with Crippen LogP contribution in [0.25, 0.3) is 0 Å². The maximum Gasteiger partial charge on any atom is 0.289 e. The van der Waals surface area contributed by atoms with Crippen LogP contribution in [0.3, 0.4) is 0 Å². The summed E-state index contributed by atoms with van der Waals surface area (Å²) in [5, 5.41) is 5.68. The van der Waals surface area contributed by atoms with Crippen molar-refractivity contribution in [1.82, 2.24) is 20.4 Å². The molecule has 4 unspecified atom stereocenters. The Hall–Kier alpha value is -1.96. The fraction of sp³-hybridized carbons (Fsp3) is 0.852. The molecule has 0 spiro atoms. The third kappa shape index (κ3) is 5.89. The highest BCUT2D eigenvalue weighted by Crippen LogP contribution is 2.43. The third-order valence-corrected chi connectivity index (χ3v) is 8.46. The van der Waals surface area contributed by atoms with E-state index in [2.05, 4.69) is 29.4 Å². The fourth-order valence-corrected chi connectivity index (χ4v) is 6.55. The summed E-state index contributed by atoms with van der Waals surface area (Å²) in [6, 6.07) is -1.53. The summed E-state index contributed by atoms with van der Waals surface area (Å²) in [6.07, 6.45) is 9.35. The molecule has 0 aromatic rings. The van der Waals surface area contributed by atoms with E-state index in [4.69, 9.17) is 0 Å². The van der Waals surface area contributed by atoms with Crippen molar-refractivity contribution in [2.75, 3.05) is 19.6 Å². The number of ketones is 1. The molecule has 0 radical (unpaired) electrons. The summed E-state index contributed by atoms with van der Waals surface area (Å²) in [7, 11) is 0. The van der Waals surface area contributed by atoms with Crippen LogP contribution in [0, 0.1) is 17.8 Å². The van der Waals surface area contributed by atoms with Crippen LogP contribution < -0.4 is 10.6 Å². The standard InChI is InChI=1S/C27H44N4O4/c1-4-9-21(24(32)26(34)28-19-12-13-19)29-25(33)23-20-11-8-10-18(20)16-31(23)27(35)22(17(2)3)30-14-6-5-7-15-30/h17-23H,4-16H2,1-3H3,(H,28,34)(H,29,33)/t18?,20?,21?,22-,23?/m1/s1. The Morgan fingerprint density at radius 3 is 2.29 bits per heavy atom. The molecule has 4 rings (SSSR count). The van der Waals surface area contributed by atoms with Gasteiger partial charge in [-0.1, -0.05) is 40.0 Å². The van der Waals surface area contributed by atoms with E-state index in [1.807, 2.05) is 11.8 Å². The molecule has 35 heavy (non-hydrogen) atoms. The molecule has 2 aliphatic carbocycles. The highest BCUT2D eigenvalue weighted by Gasteiger charge is 2.51. The first-order valence-electron chi connectivity index (χ1n) is 14.0. The van der Waals surface area contributed by atoms with E-state index in [1.54, 1.807) is 0 Å². The van der Waals surface area contributed by atoms with Crippen molar-refractivity contribution in [3.05, 3.63) is 0 Å². The van der Waals surface area contributed by atoms with Gasteiger partial charge in [-0.25, -0.2) is 0 Å². The van der Waals surface area contributed by atoms with Crippen LogP contribution in [0.15, 0.2) is 0 Å². The second-order valence-electron chi connectivity index (χ2n) is 11.5. The Labute approximate surface area is 209 Å². The molecule has 196 valence electrons. The number of rotatable bonds is 10. The zero-order chi connectivity index (χ0) is 25.1. The number of nitrogens with one attached hydrogen (secondary N) is 2. The Bertz CT molecular complexity index is 805. The van der Waals surface area contributed by atoms with Gasteiger partial charge >= 0.3 is 0 Å². The predicted molar refractivity (Wildman–Crippen MR) is 133 cm³/mol. The second-order valence-corrected chi connectivity index (χ2v) is 11.5. The van der Waals surface area contributed by atoms with Gasteiger partial charge in [-0.05, 0) is 75.8 Å². The first kappa shape index (κ1) is 26.1. The van der Waals surface area contributed by atoms with Crippen molar-refractivity contribution in [3.8, 4) is 0 Å². The Kier molecular flexibility index (Phi) is 8.50. The quantitative estimate of drug-likeness (QED) is 0.460. The minimum absolute atomic E-state index is 0.0568. The van der Waals surface area contributed by atoms with Crippen LogP contribution in [0.4, 0.5) is 0 Å². The maximum atomic E-state index is 14.0. The van der Waals surface area contributed by atoms with Crippen LogP contribution in [-0.4, -0.2) is 77.1 Å². The molecule has 8 nitrogen and oxygen atoms in total. The molecule has 2 saturated carbocycles. The molecular weight excluding hydrogens is 444 g/mol. The molecular formula is C27H44N4O4. The smallest absolute Gasteiger partial charge is 0.289 e. The van der Waals surface area contributed by atoms with Crippen molar-refractivity contribution >= 4 is 23.5 Å². The molecule has 2 aliphatic heterocycles. The summed E-state index contributed by atoms with van der Waals surface area (Å²) in [5.41, 5.74) is 0. The number of hydrogen-bond donors (Lipinski definition) is 2. The molecule has 2 N–H and O–H groups in total. The number of piperidine rings is 1. The second kappa shape index (κ2) is 11.4. The minimum Gasteiger partial charge on any atom is -0.347 e. The number of nitrogens with zero attached hydrogens (tertiary/aromatic N) is 2. The molecule has 2 heterocycles. The molecule has 0 aromatic carbocycles. The van der Waals surface area contributed by atoms with Crippen molar-refractivity contribution in [3.63, 3.8) is 0 Å². The highest BCUT2D eigenvalue weighted by atomic mass is 16.2. The van der Waals surface area contributed by atoms with Gasteiger partial charge in [-0.3, -0.25) is 24.1 Å². The SMILES string of the molecule is CCCC(NC(=O)C1C2CCCC2CN1C(=O)[C@@H](C(C)C)N1CCCCC1)C(=O)C(=O)NC1CC1. The zero-order valence-electron chi connectivity index (χ0n) is 21.8. The van der Waals surface area contributed by atoms with E-state index in [9.17, 15) is 19.2 Å². The summed E-state index contributed by atoms with van der Waals surface area (Å²) >= 11 is 0. The normalized spacial score (nSPS) is 28.5. The van der Waals surface area contributed by atoms with Gasteiger partial charge in [0.15, 0.2) is 0 Å². The van der Waals surface area contributed by atoms with Gasteiger partial charge in [0.25, 0.3) is 5.91 Å². The van der Waals surface area contributed by atoms with Gasteiger partial charge in [0, 0.05) is 12.6 Å². The molecule has 0 bridgehead atoms. The number of Topliss-reactive ketones (excluding diaryl/α,β-unsaturated/α-hetero) is 1. The van der Waals surface area contributed by atoms with E-state index in [1.165, 1.54) is 6.42 Å². The number of likely N-dealkylation sites (tertiary alicyclic amines) is 2. The van der Waals surface area contributed by atoms with Gasteiger partial charge in [0.1, 0.15) is 6.04 Å². The summed E-state index contributed by atoms with van der Waals surface area (Å²) in [4.78, 5) is 57.2. The van der Waals surface area contributed by atoms with Gasteiger partial charge in [-0.2, -0.15) is 0 Å². The Morgan fingerprint density at radius 1 is 0.943 bits per heavy atom. The van der Waals surface area contributed by atoms with E-state index >= 15 is 0 Å². The van der Waals surface area contributed by atoms with Gasteiger partial charge in [0.05, 0.1) is 12.1 Å². The van der Waals surface area contributed by atoms with E-state index in [0.29, 0.717) is 25.3 Å². The average Bonchev–Trinajstić information content (AvgIpc) is 3.39. The number of amides is 3. The fourth-order valence-electron chi connectivity index (χ4n) is 6.55. The van der Waals surface area contributed by atoms with Crippen LogP contribution in [0.5, 0.6) is 0 Å². The van der Waals surface area contributed by atoms with Crippen molar-refractivity contribution in [2.45, 2.75) is 109 Å². The lowest BCUT2D eigenvalue weighted by Crippen LogP contribution is -2.59. The molecule has 3 amide bonds. The van der Waals surface area contributed by atoms with Gasteiger partial charge in [0.2, 0.25) is 17.6 Å². The van der Waals surface area contributed by atoms with E-state index < -0.39 is 23.8 Å². The van der Waals surface area contributed by atoms with Gasteiger partial charge < -0.3 is 15.5 Å². The largest absolute Gasteiger partial charge is 0.347 e. The first-order valence-corrected chi connectivity index (χ1v) is 14.0. The summed E-state index contributed by atoms with van der Waals surface area (Å²) < 4.78 is 0. The van der Waals surface area contributed by atoms with E-state index in [-0.39, 0.29) is 35.7 Å². The first-order chi connectivity index (χ1) is 16.8. The highest BCUT2D eigenvalue weighted by molar-refractivity contribution is 6.38. The number of carbonyl (C=O) groups is 4. The minimum atomic E-state index is -0.841. The lowest BCUT2D eigenvalue weighted by molar-refractivity contribution is -0.146. The molecule has 2 saturated heterocycles. The lowest BCUT2D eigenvalue weighted by atomic mass is 9.92. The predicted octanol–water partition coefficient (Wildman–Crippen LogP) is 2.26. The van der Waals surface area contributed by atoms with E-state index in [0.717, 1.165) is 58.0 Å². The number of hydrogen-bond acceptors (Lipinski definition) is 5. The molecule has 4 fully saturated rings. The van der Waals surface area contributed by atoms with Crippen LogP contribution in [0.1, 0.15) is 85.0 Å². The molecule has 0 aromatic heterocycles. The third-order valence-electron chi connectivity index (χ3n) is 8.46. The Morgan fingerprint density at radius 2 is 1.66 bits per heavy atom.